The molecule has 0 unspecified atom stereocenters. The number of halogens is 1. The van der Waals surface area contributed by atoms with E-state index in [0.29, 0.717) is 22.5 Å². The molecule has 0 atom stereocenters. The summed E-state index contributed by atoms with van der Waals surface area (Å²) in [4.78, 5) is 22.5. The average molecular weight is 383 g/mol. The van der Waals surface area contributed by atoms with E-state index in [4.69, 9.17) is 14.3 Å². The molecule has 2 aromatic carbocycles. The summed E-state index contributed by atoms with van der Waals surface area (Å²) >= 11 is 0. The number of benzene rings is 2. The molecule has 0 aliphatic heterocycles. The molecule has 0 saturated heterocycles. The number of ether oxygens (including phenoxy) is 1. The predicted octanol–water partition coefficient (Wildman–Crippen LogP) is 3.85. The molecule has 3 aromatic rings. The molecule has 0 bridgehead atoms. The van der Waals surface area contributed by atoms with Gasteiger partial charge < -0.3 is 19.6 Å². The number of methoxy groups -OCH3 is 1. The Kier molecular flexibility index (Phi) is 5.44. The molecule has 3 rings (SSSR count). The van der Waals surface area contributed by atoms with Gasteiger partial charge in [-0.1, -0.05) is 12.1 Å². The summed E-state index contributed by atoms with van der Waals surface area (Å²) in [5.74, 6) is -1.47. The number of furan rings is 1. The maximum Gasteiger partial charge on any atom is 0.322 e. The molecule has 7 heteroatoms. The van der Waals surface area contributed by atoms with Crippen molar-refractivity contribution in [3.8, 4) is 16.9 Å². The lowest BCUT2D eigenvalue weighted by atomic mass is 9.99. The van der Waals surface area contributed by atoms with Gasteiger partial charge in [0.15, 0.2) is 0 Å². The van der Waals surface area contributed by atoms with E-state index in [2.05, 4.69) is 5.32 Å². The minimum atomic E-state index is -1.12. The fourth-order valence-corrected chi connectivity index (χ4v) is 2.87. The molecular weight excluding hydrogens is 365 g/mol. The van der Waals surface area contributed by atoms with Crippen molar-refractivity contribution in [3.05, 3.63) is 60.1 Å². The predicted molar refractivity (Wildman–Crippen MR) is 102 cm³/mol. The van der Waals surface area contributed by atoms with Crippen LogP contribution in [0.1, 0.15) is 12.5 Å². The highest BCUT2D eigenvalue weighted by Gasteiger charge is 2.15. The fraction of sp³-hybridized carbons (Fsp3) is 0.143. The minimum absolute atomic E-state index is 0.329. The van der Waals surface area contributed by atoms with Crippen molar-refractivity contribution in [3.63, 3.8) is 0 Å². The third-order valence-corrected chi connectivity index (χ3v) is 4.24. The molecule has 1 heterocycles. The van der Waals surface area contributed by atoms with Gasteiger partial charge in [0.25, 0.3) is 0 Å². The van der Waals surface area contributed by atoms with Crippen molar-refractivity contribution in [1.82, 2.24) is 5.32 Å². The van der Waals surface area contributed by atoms with Gasteiger partial charge in [0, 0.05) is 28.7 Å². The van der Waals surface area contributed by atoms with Crippen LogP contribution in [0, 0.1) is 5.82 Å². The summed E-state index contributed by atoms with van der Waals surface area (Å²) in [5, 5.41) is 11.7. The van der Waals surface area contributed by atoms with Gasteiger partial charge in [0.05, 0.1) is 13.4 Å². The van der Waals surface area contributed by atoms with Crippen molar-refractivity contribution in [2.45, 2.75) is 6.92 Å². The van der Waals surface area contributed by atoms with Crippen molar-refractivity contribution >= 4 is 28.4 Å². The van der Waals surface area contributed by atoms with E-state index in [-0.39, 0.29) is 5.82 Å². The number of aliphatic carboxylic acids is 1. The van der Waals surface area contributed by atoms with E-state index in [9.17, 15) is 14.0 Å². The second-order valence-electron chi connectivity index (χ2n) is 6.14. The smallest absolute Gasteiger partial charge is 0.322 e. The van der Waals surface area contributed by atoms with Gasteiger partial charge in [-0.3, -0.25) is 9.59 Å². The Morgan fingerprint density at radius 3 is 2.61 bits per heavy atom. The fourth-order valence-electron chi connectivity index (χ4n) is 2.87. The van der Waals surface area contributed by atoms with Crippen molar-refractivity contribution in [2.24, 2.45) is 0 Å². The van der Waals surface area contributed by atoms with Crippen LogP contribution in [0.5, 0.6) is 5.75 Å². The normalized spacial score (nSPS) is 11.5. The highest BCUT2D eigenvalue weighted by Crippen LogP contribution is 2.37. The highest BCUT2D eigenvalue weighted by molar-refractivity contribution is 6.00. The first kappa shape index (κ1) is 19.2. The minimum Gasteiger partial charge on any atom is -0.496 e. The number of hydrogen-bond donors (Lipinski definition) is 2. The monoisotopic (exact) mass is 383 g/mol. The number of fused-ring (bicyclic) bond motifs is 1. The zero-order chi connectivity index (χ0) is 20.3. The zero-order valence-corrected chi connectivity index (χ0v) is 15.3. The summed E-state index contributed by atoms with van der Waals surface area (Å²) in [5.41, 5.74) is 3.40. The van der Waals surface area contributed by atoms with Crippen LogP contribution in [0.25, 0.3) is 27.7 Å². The molecule has 0 radical (unpaired) electrons. The maximum absolute atomic E-state index is 13.2. The van der Waals surface area contributed by atoms with Crippen molar-refractivity contribution in [2.75, 3.05) is 13.7 Å². The molecule has 6 nitrogen and oxygen atoms in total. The lowest BCUT2D eigenvalue weighted by Gasteiger charge is -2.10. The van der Waals surface area contributed by atoms with Gasteiger partial charge in [-0.05, 0) is 36.3 Å². The number of carbonyl (C=O) groups excluding carboxylic acids is 1. The molecule has 1 amide bonds. The van der Waals surface area contributed by atoms with Crippen LogP contribution in [0.15, 0.2) is 53.2 Å². The number of carbonyl (C=O) groups is 2. The molecule has 0 aliphatic carbocycles. The molecule has 0 aliphatic rings. The first-order valence-corrected chi connectivity index (χ1v) is 8.42. The molecular formula is C21H18FNO5. The van der Waals surface area contributed by atoms with Gasteiger partial charge in [-0.2, -0.15) is 0 Å². The second kappa shape index (κ2) is 7.96. The van der Waals surface area contributed by atoms with E-state index in [0.717, 1.165) is 16.5 Å². The maximum atomic E-state index is 13.2. The highest BCUT2D eigenvalue weighted by atomic mass is 19.1. The summed E-state index contributed by atoms with van der Waals surface area (Å²) in [7, 11) is 1.51. The first-order valence-electron chi connectivity index (χ1n) is 8.42. The van der Waals surface area contributed by atoms with Crippen LogP contribution in [-0.4, -0.2) is 30.6 Å². The molecule has 28 heavy (non-hydrogen) atoms. The van der Waals surface area contributed by atoms with Crippen LogP contribution < -0.4 is 10.1 Å². The number of allylic oxidation sites excluding steroid dienone is 1. The van der Waals surface area contributed by atoms with E-state index in [1.807, 2.05) is 6.07 Å². The van der Waals surface area contributed by atoms with E-state index >= 15 is 0 Å². The van der Waals surface area contributed by atoms with Crippen molar-refractivity contribution < 1.29 is 28.2 Å². The third-order valence-electron chi connectivity index (χ3n) is 4.24. The third kappa shape index (κ3) is 4.03. The number of carboxylic acid groups (broad SMARTS) is 1. The molecule has 2 N–H and O–H groups in total. The van der Waals surface area contributed by atoms with Gasteiger partial charge in [-0.25, -0.2) is 4.39 Å². The number of carboxylic acids is 1. The number of rotatable bonds is 6. The first-order chi connectivity index (χ1) is 13.4. The second-order valence-corrected chi connectivity index (χ2v) is 6.14. The summed E-state index contributed by atoms with van der Waals surface area (Å²) < 4.78 is 24.3. The van der Waals surface area contributed by atoms with E-state index in [1.54, 1.807) is 31.4 Å². The summed E-state index contributed by atoms with van der Waals surface area (Å²) in [6, 6.07) is 9.60. The van der Waals surface area contributed by atoms with Crippen LogP contribution in [0.4, 0.5) is 4.39 Å². The Morgan fingerprint density at radius 2 is 1.96 bits per heavy atom. The Bertz CT molecular complexity index is 1070. The Hall–Kier alpha value is -3.61. The number of hydrogen-bond acceptors (Lipinski definition) is 4. The van der Waals surface area contributed by atoms with Crippen molar-refractivity contribution in [1.29, 1.82) is 0 Å². The van der Waals surface area contributed by atoms with Crippen LogP contribution >= 0.6 is 0 Å². The topological polar surface area (TPSA) is 88.8 Å². The van der Waals surface area contributed by atoms with Gasteiger partial charge in [-0.15, -0.1) is 0 Å². The summed E-state index contributed by atoms with van der Waals surface area (Å²) in [6.07, 6.45) is 2.89. The number of amides is 1. The lowest BCUT2D eigenvalue weighted by Crippen LogP contribution is -2.27. The molecule has 0 fully saturated rings. The number of nitrogens with one attached hydrogen (secondary N) is 1. The van der Waals surface area contributed by atoms with Gasteiger partial charge in [0.2, 0.25) is 5.91 Å². The Balaban J connectivity index is 2.04. The zero-order valence-electron chi connectivity index (χ0n) is 15.3. The quantitative estimate of drug-likeness (QED) is 0.631. The molecule has 0 spiro atoms. The molecule has 144 valence electrons. The Morgan fingerprint density at radius 1 is 1.25 bits per heavy atom. The van der Waals surface area contributed by atoms with Crippen LogP contribution in [0.3, 0.4) is 0 Å². The van der Waals surface area contributed by atoms with Gasteiger partial charge >= 0.3 is 5.97 Å². The lowest BCUT2D eigenvalue weighted by molar-refractivity contribution is -0.137. The van der Waals surface area contributed by atoms with Crippen LogP contribution in [0.2, 0.25) is 0 Å². The van der Waals surface area contributed by atoms with E-state index in [1.165, 1.54) is 25.3 Å². The molecule has 1 aromatic heterocycles. The SMILES string of the molecule is COc1cc2occ(-c3ccc(F)cc3)c2cc1/C(C)=C/C(=O)NCC(=O)O. The molecule has 0 saturated carbocycles. The largest absolute Gasteiger partial charge is 0.496 e. The van der Waals surface area contributed by atoms with Gasteiger partial charge in [0.1, 0.15) is 23.7 Å². The van der Waals surface area contributed by atoms with E-state index < -0.39 is 18.4 Å². The average Bonchev–Trinajstić information content (AvgIpc) is 3.08. The summed E-state index contributed by atoms with van der Waals surface area (Å²) in [6.45, 7) is 1.26. The van der Waals surface area contributed by atoms with Crippen LogP contribution in [-0.2, 0) is 9.59 Å². The standard InChI is InChI=1S/C21H18FNO5/c1-12(7-20(24)23-10-21(25)26)15-8-16-17(13-3-5-14(22)6-4-13)11-28-19(16)9-18(15)27-2/h3-9,11H,10H2,1-2H3,(H,23,24)(H,25,26)/b12-7+. The Labute approximate surface area is 160 Å².